The van der Waals surface area contributed by atoms with Crippen molar-refractivity contribution in [1.29, 1.82) is 0 Å². The fraction of sp³-hybridized carbons (Fsp3) is 0.519. The second-order valence-corrected chi connectivity index (χ2v) is 10.3. The van der Waals surface area contributed by atoms with E-state index in [1.165, 1.54) is 12.8 Å². The van der Waals surface area contributed by atoms with Gasteiger partial charge in [0.05, 0.1) is 12.0 Å². The van der Waals surface area contributed by atoms with E-state index in [0.29, 0.717) is 6.42 Å². The Bertz CT molecular complexity index is 998. The Hall–Kier alpha value is -2.41. The minimum Gasteiger partial charge on any atom is -0.496 e. The molecule has 7 heteroatoms. The number of halogens is 1. The number of carbonyl (C=O) groups is 1. The van der Waals surface area contributed by atoms with Gasteiger partial charge in [0, 0.05) is 33.8 Å². The van der Waals surface area contributed by atoms with Gasteiger partial charge in [0.25, 0.3) is 5.69 Å². The van der Waals surface area contributed by atoms with Gasteiger partial charge in [-0.25, -0.2) is 0 Å². The summed E-state index contributed by atoms with van der Waals surface area (Å²) < 4.78 is 6.06. The maximum atomic E-state index is 12.4. The summed E-state index contributed by atoms with van der Waals surface area (Å²) in [6.45, 7) is 10.4. The predicted molar refractivity (Wildman–Crippen MR) is 142 cm³/mol. The highest BCUT2D eigenvalue weighted by Crippen LogP contribution is 2.34. The first-order valence-corrected chi connectivity index (χ1v) is 12.8. The Balaban J connectivity index is 0.000000270. The van der Waals surface area contributed by atoms with Gasteiger partial charge in [-0.05, 0) is 81.0 Å². The zero-order chi connectivity index (χ0) is 25.4. The Morgan fingerprint density at radius 2 is 1.79 bits per heavy atom. The summed E-state index contributed by atoms with van der Waals surface area (Å²) in [7, 11) is 1.65. The van der Waals surface area contributed by atoms with Crippen molar-refractivity contribution in [2.75, 3.05) is 12.4 Å². The van der Waals surface area contributed by atoms with Crippen LogP contribution < -0.4 is 10.1 Å². The monoisotopic (exact) mass is 532 g/mol. The molecular weight excluding hydrogens is 496 g/mol. The molecule has 1 aliphatic rings. The van der Waals surface area contributed by atoms with Crippen molar-refractivity contribution in [2.45, 2.75) is 66.7 Å². The SMILES string of the molecule is CCc1c(C)cc(Br)cc1[N+](=O)[O-].COc1cc(NC(=O)C2CCC(C(C)C)CC2)ccc1C. The van der Waals surface area contributed by atoms with Gasteiger partial charge >= 0.3 is 0 Å². The van der Waals surface area contributed by atoms with Crippen molar-refractivity contribution >= 4 is 33.2 Å². The molecule has 1 amide bonds. The molecule has 0 unspecified atom stereocenters. The van der Waals surface area contributed by atoms with Gasteiger partial charge in [-0.1, -0.05) is 42.8 Å². The molecule has 3 rings (SSSR count). The quantitative estimate of drug-likeness (QED) is 0.306. The van der Waals surface area contributed by atoms with Gasteiger partial charge in [0.2, 0.25) is 5.91 Å². The summed E-state index contributed by atoms with van der Waals surface area (Å²) in [5, 5.41) is 13.7. The first kappa shape index (κ1) is 27.8. The predicted octanol–water partition coefficient (Wildman–Crippen LogP) is 7.63. The summed E-state index contributed by atoms with van der Waals surface area (Å²) in [5.41, 5.74) is 3.88. The van der Waals surface area contributed by atoms with Crippen LogP contribution in [0.3, 0.4) is 0 Å². The fourth-order valence-electron chi connectivity index (χ4n) is 4.57. The van der Waals surface area contributed by atoms with Gasteiger partial charge in [0.15, 0.2) is 0 Å². The van der Waals surface area contributed by atoms with Crippen LogP contribution in [-0.4, -0.2) is 17.9 Å². The van der Waals surface area contributed by atoms with E-state index < -0.39 is 0 Å². The number of amides is 1. The van der Waals surface area contributed by atoms with Crippen molar-refractivity contribution in [3.05, 3.63) is 61.6 Å². The van der Waals surface area contributed by atoms with Crippen molar-refractivity contribution in [3.63, 3.8) is 0 Å². The standard InChI is InChI=1S/C18H27NO2.C9H10BrNO2/c1-12(2)14-6-8-15(9-7-14)18(20)19-16-10-5-13(3)17(11-16)21-4;1-3-8-6(2)4-7(10)5-9(8)11(12)13/h5,10-12,14-15H,6-9H2,1-4H3,(H,19,20);4-5H,3H2,1-2H3. The van der Waals surface area contributed by atoms with E-state index in [9.17, 15) is 14.9 Å². The average molecular weight is 534 g/mol. The van der Waals surface area contributed by atoms with Crippen LogP contribution in [0.2, 0.25) is 0 Å². The van der Waals surface area contributed by atoms with Crippen LogP contribution in [-0.2, 0) is 11.2 Å². The number of methoxy groups -OCH3 is 1. The molecule has 0 heterocycles. The molecule has 0 aromatic heterocycles. The van der Waals surface area contributed by atoms with Crippen molar-refractivity contribution in [1.82, 2.24) is 0 Å². The number of anilines is 1. The lowest BCUT2D eigenvalue weighted by molar-refractivity contribution is -0.385. The molecular formula is C27H37BrN2O4. The van der Waals surface area contributed by atoms with E-state index >= 15 is 0 Å². The summed E-state index contributed by atoms with van der Waals surface area (Å²) in [5.74, 6) is 2.65. The number of nitro benzene ring substituents is 1. The van der Waals surface area contributed by atoms with Crippen LogP contribution in [0, 0.1) is 41.7 Å². The third-order valence-electron chi connectivity index (χ3n) is 6.73. The highest BCUT2D eigenvalue weighted by molar-refractivity contribution is 9.10. The number of ether oxygens (including phenoxy) is 1. The lowest BCUT2D eigenvalue weighted by atomic mass is 9.76. The largest absolute Gasteiger partial charge is 0.496 e. The van der Waals surface area contributed by atoms with Gasteiger partial charge in [-0.15, -0.1) is 0 Å². The van der Waals surface area contributed by atoms with E-state index in [1.54, 1.807) is 13.2 Å². The molecule has 1 saturated carbocycles. The van der Waals surface area contributed by atoms with Gasteiger partial charge in [-0.3, -0.25) is 14.9 Å². The van der Waals surface area contributed by atoms with Crippen LogP contribution in [0.5, 0.6) is 5.75 Å². The highest BCUT2D eigenvalue weighted by atomic mass is 79.9. The highest BCUT2D eigenvalue weighted by Gasteiger charge is 2.27. The number of rotatable bonds is 6. The molecule has 0 atom stereocenters. The minimum absolute atomic E-state index is 0.156. The lowest BCUT2D eigenvalue weighted by Gasteiger charge is -2.30. The summed E-state index contributed by atoms with van der Waals surface area (Å²) in [6, 6.07) is 9.25. The maximum absolute atomic E-state index is 12.4. The molecule has 1 aliphatic carbocycles. The second-order valence-electron chi connectivity index (χ2n) is 9.36. The van der Waals surface area contributed by atoms with Crippen LogP contribution in [0.4, 0.5) is 11.4 Å². The van der Waals surface area contributed by atoms with Crippen LogP contribution in [0.25, 0.3) is 0 Å². The third-order valence-corrected chi connectivity index (χ3v) is 7.18. The van der Waals surface area contributed by atoms with E-state index in [-0.39, 0.29) is 22.4 Å². The normalized spacial score (nSPS) is 17.5. The van der Waals surface area contributed by atoms with Crippen LogP contribution >= 0.6 is 15.9 Å². The molecule has 0 radical (unpaired) electrons. The van der Waals surface area contributed by atoms with Gasteiger partial charge < -0.3 is 10.1 Å². The molecule has 0 spiro atoms. The fourth-order valence-corrected chi connectivity index (χ4v) is 5.13. The minimum atomic E-state index is -0.337. The molecule has 0 bridgehead atoms. The van der Waals surface area contributed by atoms with Gasteiger partial charge in [0.1, 0.15) is 5.75 Å². The summed E-state index contributed by atoms with van der Waals surface area (Å²) in [4.78, 5) is 22.7. The summed E-state index contributed by atoms with van der Waals surface area (Å²) >= 11 is 3.24. The van der Waals surface area contributed by atoms with E-state index in [2.05, 4.69) is 35.1 Å². The Morgan fingerprint density at radius 3 is 2.32 bits per heavy atom. The maximum Gasteiger partial charge on any atom is 0.273 e. The van der Waals surface area contributed by atoms with Crippen LogP contribution in [0.1, 0.15) is 63.1 Å². The topological polar surface area (TPSA) is 81.5 Å². The third kappa shape index (κ3) is 7.55. The first-order valence-electron chi connectivity index (χ1n) is 12.0. The zero-order valence-electron chi connectivity index (χ0n) is 21.1. The number of carbonyl (C=O) groups excluding carboxylic acids is 1. The Labute approximate surface area is 211 Å². The molecule has 186 valence electrons. The van der Waals surface area contributed by atoms with Crippen molar-refractivity contribution in [2.24, 2.45) is 17.8 Å². The number of hydrogen-bond donors (Lipinski definition) is 1. The smallest absolute Gasteiger partial charge is 0.273 e. The molecule has 0 saturated heterocycles. The summed E-state index contributed by atoms with van der Waals surface area (Å²) in [6.07, 6.45) is 5.06. The molecule has 2 aromatic rings. The molecule has 1 N–H and O–H groups in total. The second kappa shape index (κ2) is 12.9. The molecule has 34 heavy (non-hydrogen) atoms. The van der Waals surface area contributed by atoms with Crippen molar-refractivity contribution < 1.29 is 14.5 Å². The zero-order valence-corrected chi connectivity index (χ0v) is 22.7. The number of nitrogens with zero attached hydrogens (tertiary/aromatic N) is 1. The molecule has 2 aromatic carbocycles. The van der Waals surface area contributed by atoms with E-state index in [4.69, 9.17) is 4.74 Å². The lowest BCUT2D eigenvalue weighted by Crippen LogP contribution is -2.28. The number of aryl methyl sites for hydroxylation is 2. The number of benzene rings is 2. The van der Waals surface area contributed by atoms with Gasteiger partial charge in [-0.2, -0.15) is 0 Å². The molecule has 1 fully saturated rings. The van der Waals surface area contributed by atoms with E-state index in [0.717, 1.165) is 57.3 Å². The Kier molecular flexibility index (Phi) is 10.5. The Morgan fingerprint density at radius 1 is 1.15 bits per heavy atom. The average Bonchev–Trinajstić information content (AvgIpc) is 2.80. The molecule has 0 aliphatic heterocycles. The van der Waals surface area contributed by atoms with Crippen molar-refractivity contribution in [3.8, 4) is 5.75 Å². The first-order chi connectivity index (χ1) is 16.1. The number of hydrogen-bond acceptors (Lipinski definition) is 4. The number of nitro groups is 1. The van der Waals surface area contributed by atoms with E-state index in [1.807, 2.05) is 45.0 Å². The molecule has 6 nitrogen and oxygen atoms in total. The van der Waals surface area contributed by atoms with Crippen LogP contribution in [0.15, 0.2) is 34.8 Å². The number of nitrogens with one attached hydrogen (secondary N) is 1.